The van der Waals surface area contributed by atoms with Crippen LogP contribution in [0, 0.1) is 5.92 Å². The highest BCUT2D eigenvalue weighted by atomic mass is 16.4. The van der Waals surface area contributed by atoms with E-state index in [4.69, 9.17) is 10.8 Å². The van der Waals surface area contributed by atoms with E-state index >= 15 is 0 Å². The number of aromatic nitrogens is 1. The first-order valence-corrected chi connectivity index (χ1v) is 6.86. The van der Waals surface area contributed by atoms with Gasteiger partial charge in [-0.1, -0.05) is 13.3 Å². The van der Waals surface area contributed by atoms with Gasteiger partial charge in [-0.3, -0.25) is 0 Å². The number of nitrogens with zero attached hydrogens (tertiary/aromatic N) is 1. The fourth-order valence-corrected chi connectivity index (χ4v) is 2.68. The van der Waals surface area contributed by atoms with Crippen LogP contribution in [-0.2, 0) is 0 Å². The summed E-state index contributed by atoms with van der Waals surface area (Å²) in [5.74, 6) is 0.311. The highest BCUT2D eigenvalue weighted by Crippen LogP contribution is 2.29. The maximum Gasteiger partial charge on any atom is 0.337 e. The van der Waals surface area contributed by atoms with E-state index < -0.39 is 5.97 Å². The molecule has 5 nitrogen and oxygen atoms in total. The number of nitrogens with one attached hydrogen (secondary N) is 1. The lowest BCUT2D eigenvalue weighted by molar-refractivity contribution is 0.0698. The summed E-state index contributed by atoms with van der Waals surface area (Å²) in [5, 5.41) is 12.3. The summed E-state index contributed by atoms with van der Waals surface area (Å²) < 4.78 is 0. The molecule has 1 aromatic rings. The minimum atomic E-state index is -1.02. The van der Waals surface area contributed by atoms with Crippen LogP contribution in [0.25, 0.3) is 0 Å². The number of hydrogen-bond acceptors (Lipinski definition) is 4. The number of nitrogens with two attached hydrogens (primary N) is 1. The number of anilines is 2. The number of aromatic carboxylic acids is 1. The molecule has 1 heterocycles. The monoisotopic (exact) mass is 263 g/mol. The Morgan fingerprint density at radius 1 is 1.47 bits per heavy atom. The standard InChI is InChI=1S/C14H21N3O2/c1-2-9-3-5-10(6-4-9)17-13-12(15)11(14(18)19)7-8-16-13/h7-10H,2-6,15H2,1H3,(H,16,17)(H,18,19). The summed E-state index contributed by atoms with van der Waals surface area (Å²) in [6, 6.07) is 1.78. The van der Waals surface area contributed by atoms with Crippen molar-refractivity contribution >= 4 is 17.5 Å². The molecule has 0 radical (unpaired) electrons. The molecule has 1 aliphatic carbocycles. The Bertz CT molecular complexity index is 454. The van der Waals surface area contributed by atoms with Gasteiger partial charge in [0.05, 0.1) is 11.3 Å². The number of carbonyl (C=O) groups is 1. The average Bonchev–Trinajstić information content (AvgIpc) is 2.41. The summed E-state index contributed by atoms with van der Waals surface area (Å²) in [7, 11) is 0. The van der Waals surface area contributed by atoms with Crippen molar-refractivity contribution in [3.63, 3.8) is 0 Å². The van der Waals surface area contributed by atoms with Gasteiger partial charge < -0.3 is 16.2 Å². The Kier molecular flexibility index (Phi) is 4.24. The third-order valence-electron chi connectivity index (χ3n) is 3.99. The SMILES string of the molecule is CCC1CCC(Nc2nccc(C(=O)O)c2N)CC1. The van der Waals surface area contributed by atoms with Gasteiger partial charge >= 0.3 is 5.97 Å². The van der Waals surface area contributed by atoms with E-state index in [2.05, 4.69) is 17.2 Å². The zero-order chi connectivity index (χ0) is 13.8. The van der Waals surface area contributed by atoms with Crippen molar-refractivity contribution in [1.82, 2.24) is 4.98 Å². The van der Waals surface area contributed by atoms with Gasteiger partial charge in [0.15, 0.2) is 0 Å². The molecule has 0 bridgehead atoms. The van der Waals surface area contributed by atoms with Crippen LogP contribution in [0.3, 0.4) is 0 Å². The van der Waals surface area contributed by atoms with Crippen LogP contribution >= 0.6 is 0 Å². The van der Waals surface area contributed by atoms with Crippen LogP contribution in [0.5, 0.6) is 0 Å². The van der Waals surface area contributed by atoms with Crippen LogP contribution in [-0.4, -0.2) is 22.1 Å². The zero-order valence-electron chi connectivity index (χ0n) is 11.2. The Labute approximate surface area is 113 Å². The second-order valence-electron chi connectivity index (χ2n) is 5.20. The van der Waals surface area contributed by atoms with Gasteiger partial charge in [-0.05, 0) is 37.7 Å². The van der Waals surface area contributed by atoms with Crippen molar-refractivity contribution in [1.29, 1.82) is 0 Å². The Hall–Kier alpha value is -1.78. The summed E-state index contributed by atoms with van der Waals surface area (Å²) in [5.41, 5.74) is 6.19. The first-order valence-electron chi connectivity index (χ1n) is 6.86. The predicted octanol–water partition coefficient (Wildman–Crippen LogP) is 2.74. The average molecular weight is 263 g/mol. The molecule has 0 amide bonds. The van der Waals surface area contributed by atoms with E-state index in [-0.39, 0.29) is 11.3 Å². The number of pyridine rings is 1. The molecule has 1 aliphatic rings. The molecule has 19 heavy (non-hydrogen) atoms. The number of nitrogen functional groups attached to an aromatic ring is 1. The molecular formula is C14H21N3O2. The van der Waals surface area contributed by atoms with Crippen LogP contribution < -0.4 is 11.1 Å². The van der Waals surface area contributed by atoms with Crippen LogP contribution in [0.15, 0.2) is 12.3 Å². The van der Waals surface area contributed by atoms with E-state index in [1.54, 1.807) is 0 Å². The highest BCUT2D eigenvalue weighted by Gasteiger charge is 2.21. The lowest BCUT2D eigenvalue weighted by Crippen LogP contribution is -2.27. The maximum atomic E-state index is 11.0. The number of rotatable bonds is 4. The van der Waals surface area contributed by atoms with Crippen LogP contribution in [0.1, 0.15) is 49.4 Å². The summed E-state index contributed by atoms with van der Waals surface area (Å²) in [6.07, 6.45) is 7.34. The van der Waals surface area contributed by atoms with Crippen molar-refractivity contribution in [3.8, 4) is 0 Å². The van der Waals surface area contributed by atoms with Crippen molar-refractivity contribution in [2.75, 3.05) is 11.1 Å². The lowest BCUT2D eigenvalue weighted by atomic mass is 9.84. The molecule has 1 fully saturated rings. The molecular weight excluding hydrogens is 242 g/mol. The van der Waals surface area contributed by atoms with Gasteiger partial charge in [-0.25, -0.2) is 9.78 Å². The molecule has 1 saturated carbocycles. The summed E-state index contributed by atoms with van der Waals surface area (Å²) in [4.78, 5) is 15.2. The zero-order valence-corrected chi connectivity index (χ0v) is 11.2. The molecule has 0 spiro atoms. The van der Waals surface area contributed by atoms with Crippen LogP contribution in [0.4, 0.5) is 11.5 Å². The van der Waals surface area contributed by atoms with Crippen molar-refractivity contribution in [3.05, 3.63) is 17.8 Å². The smallest absolute Gasteiger partial charge is 0.337 e. The Morgan fingerprint density at radius 3 is 2.74 bits per heavy atom. The predicted molar refractivity (Wildman–Crippen MR) is 75.3 cm³/mol. The molecule has 0 unspecified atom stereocenters. The second kappa shape index (κ2) is 5.91. The highest BCUT2D eigenvalue weighted by molar-refractivity contribution is 5.96. The fourth-order valence-electron chi connectivity index (χ4n) is 2.68. The molecule has 2 rings (SSSR count). The Balaban J connectivity index is 2.04. The Morgan fingerprint density at radius 2 is 2.16 bits per heavy atom. The van der Waals surface area contributed by atoms with Gasteiger partial charge in [0.25, 0.3) is 0 Å². The van der Waals surface area contributed by atoms with Crippen molar-refractivity contribution < 1.29 is 9.90 Å². The minimum absolute atomic E-state index is 0.111. The molecule has 4 N–H and O–H groups in total. The van der Waals surface area contributed by atoms with Crippen LogP contribution in [0.2, 0.25) is 0 Å². The van der Waals surface area contributed by atoms with E-state index in [0.29, 0.717) is 11.9 Å². The first kappa shape index (κ1) is 13.6. The quantitative estimate of drug-likeness (QED) is 0.777. The molecule has 0 aliphatic heterocycles. The molecule has 5 heteroatoms. The van der Waals surface area contributed by atoms with Gasteiger partial charge in [0, 0.05) is 12.2 Å². The van der Waals surface area contributed by atoms with E-state index in [1.165, 1.54) is 31.5 Å². The first-order chi connectivity index (χ1) is 9.11. The summed E-state index contributed by atoms with van der Waals surface area (Å²) in [6.45, 7) is 2.23. The van der Waals surface area contributed by atoms with Gasteiger partial charge in [0.2, 0.25) is 0 Å². The molecule has 0 saturated heterocycles. The second-order valence-corrected chi connectivity index (χ2v) is 5.20. The number of carboxylic acids is 1. The fraction of sp³-hybridized carbons (Fsp3) is 0.571. The van der Waals surface area contributed by atoms with Gasteiger partial charge in [0.1, 0.15) is 5.82 Å². The van der Waals surface area contributed by atoms with E-state index in [1.807, 2.05) is 0 Å². The summed E-state index contributed by atoms with van der Waals surface area (Å²) >= 11 is 0. The third kappa shape index (κ3) is 3.16. The topological polar surface area (TPSA) is 88.2 Å². The number of hydrogen-bond donors (Lipinski definition) is 3. The third-order valence-corrected chi connectivity index (χ3v) is 3.99. The molecule has 0 aromatic carbocycles. The minimum Gasteiger partial charge on any atom is -0.478 e. The maximum absolute atomic E-state index is 11.0. The van der Waals surface area contributed by atoms with E-state index in [0.717, 1.165) is 18.8 Å². The molecule has 104 valence electrons. The van der Waals surface area contributed by atoms with Crippen molar-refractivity contribution in [2.45, 2.75) is 45.1 Å². The normalized spacial score (nSPS) is 23.0. The van der Waals surface area contributed by atoms with Crippen molar-refractivity contribution in [2.24, 2.45) is 5.92 Å². The number of carboxylic acid groups (broad SMARTS) is 1. The van der Waals surface area contributed by atoms with E-state index in [9.17, 15) is 4.79 Å². The largest absolute Gasteiger partial charge is 0.478 e. The molecule has 1 aromatic heterocycles. The van der Waals surface area contributed by atoms with Gasteiger partial charge in [-0.2, -0.15) is 0 Å². The molecule has 0 atom stereocenters. The lowest BCUT2D eigenvalue weighted by Gasteiger charge is -2.29. The van der Waals surface area contributed by atoms with Gasteiger partial charge in [-0.15, -0.1) is 0 Å².